The van der Waals surface area contributed by atoms with E-state index < -0.39 is 22.0 Å². The summed E-state index contributed by atoms with van der Waals surface area (Å²) in [6.45, 7) is 15.4. The summed E-state index contributed by atoms with van der Waals surface area (Å²) >= 11 is 0. The van der Waals surface area contributed by atoms with E-state index in [0.717, 1.165) is 38.4 Å². The van der Waals surface area contributed by atoms with Crippen LogP contribution in [0, 0.1) is 34.5 Å². The SMILES string of the molecule is C[C@]12CCC(=O)C=C1CC[C@@H]1[C@@H]2[C@@H](O[Si](C)(C)C)C[C@]2(C=O)[C@@H](C(=O)CO[Si](C)(C)C)CC[C@@H]12. The Bertz CT molecular complexity index is 884. The third-order valence-corrected chi connectivity index (χ3v) is 11.3. The quantitative estimate of drug-likeness (QED) is 0.335. The lowest BCUT2D eigenvalue weighted by molar-refractivity contribution is -0.154. The molecule has 34 heavy (non-hydrogen) atoms. The Morgan fingerprint density at radius 1 is 1.09 bits per heavy atom. The van der Waals surface area contributed by atoms with Crippen molar-refractivity contribution < 1.29 is 23.2 Å². The predicted molar refractivity (Wildman–Crippen MR) is 138 cm³/mol. The van der Waals surface area contributed by atoms with Crippen molar-refractivity contribution in [2.45, 2.75) is 97.3 Å². The molecule has 0 saturated heterocycles. The lowest BCUT2D eigenvalue weighted by Crippen LogP contribution is -2.60. The maximum atomic E-state index is 13.4. The summed E-state index contributed by atoms with van der Waals surface area (Å²) in [7, 11) is -3.73. The Morgan fingerprint density at radius 2 is 1.79 bits per heavy atom. The highest BCUT2D eigenvalue weighted by molar-refractivity contribution is 6.70. The molecule has 3 saturated carbocycles. The molecule has 0 aliphatic heterocycles. The molecule has 0 aromatic rings. The van der Waals surface area contributed by atoms with Crippen molar-refractivity contribution in [3.63, 3.8) is 0 Å². The van der Waals surface area contributed by atoms with Crippen molar-refractivity contribution in [3.05, 3.63) is 11.6 Å². The summed E-state index contributed by atoms with van der Waals surface area (Å²) in [5.74, 6) is 0.962. The Kier molecular flexibility index (Phi) is 6.84. The van der Waals surface area contributed by atoms with E-state index in [1.807, 2.05) is 6.08 Å². The minimum absolute atomic E-state index is 0.0497. The van der Waals surface area contributed by atoms with Crippen molar-refractivity contribution in [1.29, 1.82) is 0 Å². The van der Waals surface area contributed by atoms with Gasteiger partial charge >= 0.3 is 0 Å². The van der Waals surface area contributed by atoms with Crippen LogP contribution < -0.4 is 0 Å². The number of carbonyl (C=O) groups is 3. The third kappa shape index (κ3) is 4.62. The second kappa shape index (κ2) is 8.89. The normalized spacial score (nSPS) is 40.1. The number of Topliss-reactive ketones (excluding diaryl/α,β-unsaturated/α-hetero) is 1. The van der Waals surface area contributed by atoms with E-state index in [0.29, 0.717) is 24.7 Å². The van der Waals surface area contributed by atoms with Gasteiger partial charge in [-0.05, 0) is 107 Å². The number of hydrogen-bond acceptors (Lipinski definition) is 5. The number of carbonyl (C=O) groups excluding carboxylic acids is 3. The molecule has 0 spiro atoms. The summed E-state index contributed by atoms with van der Waals surface area (Å²) in [5, 5.41) is 0. The monoisotopic (exact) mass is 504 g/mol. The molecule has 0 aromatic carbocycles. The molecule has 190 valence electrons. The first-order chi connectivity index (χ1) is 15.7. The highest BCUT2D eigenvalue weighted by Gasteiger charge is 2.65. The molecule has 0 bridgehead atoms. The summed E-state index contributed by atoms with van der Waals surface area (Å²) in [4.78, 5) is 38.7. The van der Waals surface area contributed by atoms with Crippen LogP contribution in [0.15, 0.2) is 11.6 Å². The zero-order valence-corrected chi connectivity index (χ0v) is 24.2. The molecule has 7 heteroatoms. The van der Waals surface area contributed by atoms with Crippen LogP contribution in [0.2, 0.25) is 39.3 Å². The van der Waals surface area contributed by atoms with Crippen molar-refractivity contribution in [2.75, 3.05) is 6.61 Å². The Morgan fingerprint density at radius 3 is 2.41 bits per heavy atom. The number of rotatable bonds is 7. The van der Waals surface area contributed by atoms with Crippen LogP contribution in [0.25, 0.3) is 0 Å². The molecule has 0 N–H and O–H groups in total. The van der Waals surface area contributed by atoms with Crippen LogP contribution >= 0.6 is 0 Å². The molecule has 4 aliphatic carbocycles. The van der Waals surface area contributed by atoms with Crippen LogP contribution in [0.5, 0.6) is 0 Å². The first-order valence-corrected chi connectivity index (χ1v) is 20.1. The smallest absolute Gasteiger partial charge is 0.184 e. The zero-order valence-electron chi connectivity index (χ0n) is 22.2. The van der Waals surface area contributed by atoms with E-state index in [1.54, 1.807) is 0 Å². The number of hydrogen-bond donors (Lipinski definition) is 0. The molecular weight excluding hydrogens is 460 g/mol. The second-order valence-corrected chi connectivity index (χ2v) is 22.6. The fourth-order valence-electron chi connectivity index (χ4n) is 7.98. The molecule has 0 aromatic heterocycles. The molecule has 0 radical (unpaired) electrons. The van der Waals surface area contributed by atoms with Gasteiger partial charge in [-0.15, -0.1) is 0 Å². The van der Waals surface area contributed by atoms with Gasteiger partial charge in [-0.3, -0.25) is 9.59 Å². The fourth-order valence-corrected chi connectivity index (χ4v) is 9.70. The lowest BCUT2D eigenvalue weighted by Gasteiger charge is -2.60. The molecule has 0 amide bonds. The van der Waals surface area contributed by atoms with Crippen LogP contribution in [0.4, 0.5) is 0 Å². The van der Waals surface area contributed by atoms with E-state index in [1.165, 1.54) is 5.57 Å². The minimum atomic E-state index is -1.91. The van der Waals surface area contributed by atoms with Gasteiger partial charge in [0.2, 0.25) is 0 Å². The van der Waals surface area contributed by atoms with Crippen molar-refractivity contribution in [2.24, 2.45) is 34.5 Å². The lowest BCUT2D eigenvalue weighted by atomic mass is 9.45. The average Bonchev–Trinajstić information content (AvgIpc) is 3.10. The highest BCUT2D eigenvalue weighted by Crippen LogP contribution is 2.67. The summed E-state index contributed by atoms with van der Waals surface area (Å²) in [6, 6.07) is 0. The first-order valence-electron chi connectivity index (χ1n) is 13.2. The number of aldehydes is 1. The summed E-state index contributed by atoms with van der Waals surface area (Å²) < 4.78 is 12.9. The maximum Gasteiger partial charge on any atom is 0.184 e. The fraction of sp³-hybridized carbons (Fsp3) is 0.815. The Balaban J connectivity index is 1.72. The second-order valence-electron chi connectivity index (χ2n) is 13.6. The number of ketones is 2. The molecule has 0 unspecified atom stereocenters. The summed E-state index contributed by atoms with van der Waals surface area (Å²) in [6.07, 6.45) is 8.73. The van der Waals surface area contributed by atoms with Gasteiger partial charge in [0, 0.05) is 23.9 Å². The molecular formula is C27H44O5Si2. The van der Waals surface area contributed by atoms with E-state index in [2.05, 4.69) is 46.2 Å². The third-order valence-electron chi connectivity index (χ3n) is 9.24. The van der Waals surface area contributed by atoms with E-state index >= 15 is 0 Å². The van der Waals surface area contributed by atoms with Gasteiger partial charge in [0.1, 0.15) is 6.29 Å². The molecule has 4 aliphatic rings. The van der Waals surface area contributed by atoms with E-state index in [9.17, 15) is 14.4 Å². The molecule has 5 nitrogen and oxygen atoms in total. The standard InChI is InChI=1S/C27H44O5Si2/c1-26-13-12-19(29)14-18(26)8-9-20-21-10-11-22(23(30)16-31-33(2,3)4)27(21,17-28)15-24(25(20)26)32-34(5,6)7/h14,17,20-22,24-25H,8-13,15-16H2,1-7H3/t20-,21-,22+,24-,25+,26-,27+/m0/s1. The van der Waals surface area contributed by atoms with Gasteiger partial charge in [0.15, 0.2) is 28.2 Å². The molecule has 4 rings (SSSR count). The van der Waals surface area contributed by atoms with Gasteiger partial charge in [-0.25, -0.2) is 0 Å². The van der Waals surface area contributed by atoms with Crippen molar-refractivity contribution in [3.8, 4) is 0 Å². The number of allylic oxidation sites excluding steroid dienone is 1. The van der Waals surface area contributed by atoms with Gasteiger partial charge in [0.05, 0.1) is 6.61 Å². The number of fused-ring (bicyclic) bond motifs is 5. The van der Waals surface area contributed by atoms with E-state index in [4.69, 9.17) is 8.85 Å². The van der Waals surface area contributed by atoms with Gasteiger partial charge < -0.3 is 13.6 Å². The van der Waals surface area contributed by atoms with Crippen LogP contribution in [-0.2, 0) is 23.2 Å². The zero-order chi connectivity index (χ0) is 25.1. The van der Waals surface area contributed by atoms with Crippen molar-refractivity contribution in [1.82, 2.24) is 0 Å². The molecule has 0 heterocycles. The maximum absolute atomic E-state index is 13.4. The van der Waals surface area contributed by atoms with Crippen molar-refractivity contribution >= 4 is 34.5 Å². The van der Waals surface area contributed by atoms with Crippen LogP contribution in [0.3, 0.4) is 0 Å². The molecule has 3 fully saturated rings. The van der Waals surface area contributed by atoms with Gasteiger partial charge in [-0.2, -0.15) is 0 Å². The predicted octanol–water partition coefficient (Wildman–Crippen LogP) is 5.56. The largest absolute Gasteiger partial charge is 0.414 e. The molecule has 7 atom stereocenters. The van der Waals surface area contributed by atoms with Gasteiger partial charge in [0.25, 0.3) is 0 Å². The topological polar surface area (TPSA) is 69.7 Å². The van der Waals surface area contributed by atoms with Crippen LogP contribution in [-0.4, -0.2) is 47.2 Å². The first kappa shape index (κ1) is 26.2. The minimum Gasteiger partial charge on any atom is -0.414 e. The average molecular weight is 505 g/mol. The van der Waals surface area contributed by atoms with Gasteiger partial charge in [-0.1, -0.05) is 12.5 Å². The van der Waals surface area contributed by atoms with Crippen LogP contribution in [0.1, 0.15) is 51.9 Å². The summed E-state index contributed by atoms with van der Waals surface area (Å²) in [5.41, 5.74) is 0.592. The Hall–Kier alpha value is -0.896. The Labute approximate surface area is 207 Å². The van der Waals surface area contributed by atoms with E-state index in [-0.39, 0.29) is 41.5 Å². The highest BCUT2D eigenvalue weighted by atomic mass is 28.4.